The number of anilines is 1. The predicted octanol–water partition coefficient (Wildman–Crippen LogP) is 3.13. The smallest absolute Gasteiger partial charge is 0.256 e. The van der Waals surface area contributed by atoms with Gasteiger partial charge in [-0.1, -0.05) is 12.1 Å². The second-order valence-corrected chi connectivity index (χ2v) is 6.27. The van der Waals surface area contributed by atoms with Crippen molar-refractivity contribution in [3.63, 3.8) is 0 Å². The number of thioether (sulfide) groups is 1. The SMILES string of the molecule is COc1ccc(NC(=O)c2ccccc2SCC(=O)N(C)C)cc1. The summed E-state index contributed by atoms with van der Waals surface area (Å²) < 4.78 is 5.10. The number of ether oxygens (including phenoxy) is 1. The van der Waals surface area contributed by atoms with E-state index in [1.807, 2.05) is 12.1 Å². The Bertz CT molecular complexity index is 714. The fourth-order valence-electron chi connectivity index (χ4n) is 1.92. The first-order valence-corrected chi connectivity index (χ1v) is 8.37. The van der Waals surface area contributed by atoms with Crippen molar-refractivity contribution in [2.75, 3.05) is 32.3 Å². The van der Waals surface area contributed by atoms with E-state index >= 15 is 0 Å². The highest BCUT2D eigenvalue weighted by Crippen LogP contribution is 2.24. The molecule has 2 aromatic carbocycles. The summed E-state index contributed by atoms with van der Waals surface area (Å²) in [5.74, 6) is 0.817. The molecule has 0 spiro atoms. The van der Waals surface area contributed by atoms with Crippen LogP contribution >= 0.6 is 11.8 Å². The van der Waals surface area contributed by atoms with Crippen LogP contribution in [0.15, 0.2) is 53.4 Å². The number of rotatable bonds is 6. The van der Waals surface area contributed by atoms with Gasteiger partial charge in [0.1, 0.15) is 5.75 Å². The lowest BCUT2D eigenvalue weighted by Crippen LogP contribution is -2.23. The van der Waals surface area contributed by atoms with Gasteiger partial charge in [-0.25, -0.2) is 0 Å². The summed E-state index contributed by atoms with van der Waals surface area (Å²) in [5.41, 5.74) is 1.23. The Morgan fingerprint density at radius 1 is 1.08 bits per heavy atom. The molecule has 2 rings (SSSR count). The fraction of sp³-hybridized carbons (Fsp3) is 0.222. The highest BCUT2D eigenvalue weighted by Gasteiger charge is 2.13. The molecule has 24 heavy (non-hydrogen) atoms. The van der Waals surface area contributed by atoms with Crippen LogP contribution in [0, 0.1) is 0 Å². The number of nitrogens with zero attached hydrogens (tertiary/aromatic N) is 1. The average molecular weight is 344 g/mol. The third-order valence-corrected chi connectivity index (χ3v) is 4.39. The van der Waals surface area contributed by atoms with E-state index in [0.717, 1.165) is 10.6 Å². The minimum atomic E-state index is -0.208. The van der Waals surface area contributed by atoms with Crippen LogP contribution in [-0.4, -0.2) is 43.7 Å². The molecule has 6 heteroatoms. The Hall–Kier alpha value is -2.47. The van der Waals surface area contributed by atoms with Crippen molar-refractivity contribution in [2.24, 2.45) is 0 Å². The summed E-state index contributed by atoms with van der Waals surface area (Å²) in [6, 6.07) is 14.4. The Labute approximate surface area is 146 Å². The van der Waals surface area contributed by atoms with Crippen molar-refractivity contribution in [3.8, 4) is 5.75 Å². The van der Waals surface area contributed by atoms with Gasteiger partial charge in [-0.05, 0) is 36.4 Å². The van der Waals surface area contributed by atoms with E-state index in [4.69, 9.17) is 4.74 Å². The fourth-order valence-corrected chi connectivity index (χ4v) is 2.95. The number of hydrogen-bond acceptors (Lipinski definition) is 4. The highest BCUT2D eigenvalue weighted by molar-refractivity contribution is 8.00. The molecule has 0 radical (unpaired) electrons. The molecular weight excluding hydrogens is 324 g/mol. The van der Waals surface area contributed by atoms with Gasteiger partial charge in [0, 0.05) is 24.7 Å². The number of methoxy groups -OCH3 is 1. The van der Waals surface area contributed by atoms with Crippen LogP contribution in [0.2, 0.25) is 0 Å². The Morgan fingerprint density at radius 2 is 1.75 bits per heavy atom. The minimum Gasteiger partial charge on any atom is -0.497 e. The van der Waals surface area contributed by atoms with Crippen LogP contribution in [-0.2, 0) is 4.79 Å². The molecule has 0 heterocycles. The summed E-state index contributed by atoms with van der Waals surface area (Å²) in [7, 11) is 5.02. The van der Waals surface area contributed by atoms with Gasteiger partial charge in [0.05, 0.1) is 18.4 Å². The van der Waals surface area contributed by atoms with E-state index in [0.29, 0.717) is 17.0 Å². The summed E-state index contributed by atoms with van der Waals surface area (Å²) in [6.45, 7) is 0. The van der Waals surface area contributed by atoms with Crippen LogP contribution in [0.4, 0.5) is 5.69 Å². The topological polar surface area (TPSA) is 58.6 Å². The van der Waals surface area contributed by atoms with Gasteiger partial charge in [-0.2, -0.15) is 0 Å². The number of carbonyl (C=O) groups is 2. The summed E-state index contributed by atoms with van der Waals surface area (Å²) in [6.07, 6.45) is 0. The van der Waals surface area contributed by atoms with Crippen molar-refractivity contribution in [2.45, 2.75) is 4.90 Å². The number of benzene rings is 2. The second kappa shape index (κ2) is 8.40. The zero-order valence-electron chi connectivity index (χ0n) is 13.9. The minimum absolute atomic E-state index is 0.00497. The lowest BCUT2D eigenvalue weighted by molar-refractivity contribution is -0.125. The average Bonchev–Trinajstić information content (AvgIpc) is 2.60. The van der Waals surface area contributed by atoms with Crippen LogP contribution in [0.1, 0.15) is 10.4 Å². The van der Waals surface area contributed by atoms with Crippen molar-refractivity contribution in [3.05, 3.63) is 54.1 Å². The zero-order valence-corrected chi connectivity index (χ0v) is 14.7. The molecule has 0 atom stereocenters. The van der Waals surface area contributed by atoms with Gasteiger partial charge in [0.15, 0.2) is 0 Å². The summed E-state index contributed by atoms with van der Waals surface area (Å²) in [5, 5.41) is 2.86. The van der Waals surface area contributed by atoms with E-state index < -0.39 is 0 Å². The van der Waals surface area contributed by atoms with Crippen LogP contribution < -0.4 is 10.1 Å². The first-order chi connectivity index (χ1) is 11.5. The lowest BCUT2D eigenvalue weighted by Gasteiger charge is -2.12. The molecule has 0 aliphatic carbocycles. The van der Waals surface area contributed by atoms with Crippen molar-refractivity contribution < 1.29 is 14.3 Å². The second-order valence-electron chi connectivity index (χ2n) is 5.26. The monoisotopic (exact) mass is 344 g/mol. The van der Waals surface area contributed by atoms with Crippen molar-refractivity contribution in [1.82, 2.24) is 4.90 Å². The molecule has 0 unspecified atom stereocenters. The Balaban J connectivity index is 2.09. The molecule has 0 aromatic heterocycles. The maximum absolute atomic E-state index is 12.5. The maximum Gasteiger partial charge on any atom is 0.256 e. The number of amides is 2. The van der Waals surface area contributed by atoms with E-state index in [1.54, 1.807) is 57.6 Å². The standard InChI is InChI=1S/C18H20N2O3S/c1-20(2)17(21)12-24-16-7-5-4-6-15(16)18(22)19-13-8-10-14(23-3)11-9-13/h4-11H,12H2,1-3H3,(H,19,22). The van der Waals surface area contributed by atoms with Gasteiger partial charge < -0.3 is 15.0 Å². The van der Waals surface area contributed by atoms with Crippen LogP contribution in [0.25, 0.3) is 0 Å². The molecule has 0 fully saturated rings. The summed E-state index contributed by atoms with van der Waals surface area (Å²) >= 11 is 1.36. The van der Waals surface area contributed by atoms with Gasteiger partial charge in [0.25, 0.3) is 5.91 Å². The first kappa shape index (κ1) is 17.9. The normalized spacial score (nSPS) is 10.1. The molecule has 5 nitrogen and oxygen atoms in total. The van der Waals surface area contributed by atoms with Crippen molar-refractivity contribution >= 4 is 29.3 Å². The summed E-state index contributed by atoms with van der Waals surface area (Å²) in [4.78, 5) is 26.6. The van der Waals surface area contributed by atoms with E-state index in [-0.39, 0.29) is 11.8 Å². The van der Waals surface area contributed by atoms with E-state index in [1.165, 1.54) is 16.7 Å². The quantitative estimate of drug-likeness (QED) is 0.818. The lowest BCUT2D eigenvalue weighted by atomic mass is 10.2. The number of hydrogen-bond donors (Lipinski definition) is 1. The van der Waals surface area contributed by atoms with Gasteiger partial charge >= 0.3 is 0 Å². The van der Waals surface area contributed by atoms with Crippen molar-refractivity contribution in [1.29, 1.82) is 0 Å². The third kappa shape index (κ3) is 4.76. The van der Waals surface area contributed by atoms with Gasteiger partial charge in [0.2, 0.25) is 5.91 Å². The molecule has 0 saturated heterocycles. The molecule has 0 aliphatic rings. The largest absolute Gasteiger partial charge is 0.497 e. The van der Waals surface area contributed by atoms with E-state index in [2.05, 4.69) is 5.32 Å². The molecule has 0 bridgehead atoms. The van der Waals surface area contributed by atoms with Gasteiger partial charge in [-0.15, -0.1) is 11.8 Å². The number of carbonyl (C=O) groups excluding carboxylic acids is 2. The molecule has 2 amide bonds. The third-order valence-electron chi connectivity index (χ3n) is 3.33. The molecule has 0 saturated carbocycles. The Morgan fingerprint density at radius 3 is 2.38 bits per heavy atom. The maximum atomic E-state index is 12.5. The van der Waals surface area contributed by atoms with Crippen LogP contribution in [0.3, 0.4) is 0 Å². The Kier molecular flexibility index (Phi) is 6.26. The zero-order chi connectivity index (χ0) is 17.5. The van der Waals surface area contributed by atoms with Gasteiger partial charge in [-0.3, -0.25) is 9.59 Å². The number of nitrogens with one attached hydrogen (secondary N) is 1. The molecular formula is C18H20N2O3S. The highest BCUT2D eigenvalue weighted by atomic mass is 32.2. The molecule has 1 N–H and O–H groups in total. The predicted molar refractivity (Wildman–Crippen MR) is 96.8 cm³/mol. The van der Waals surface area contributed by atoms with Crippen LogP contribution in [0.5, 0.6) is 5.75 Å². The van der Waals surface area contributed by atoms with E-state index in [9.17, 15) is 9.59 Å². The molecule has 0 aliphatic heterocycles. The molecule has 2 aromatic rings. The first-order valence-electron chi connectivity index (χ1n) is 7.38. The molecule has 126 valence electrons.